The van der Waals surface area contributed by atoms with Gasteiger partial charge in [0.15, 0.2) is 0 Å². The second kappa shape index (κ2) is 7.71. The minimum absolute atomic E-state index is 0. The van der Waals surface area contributed by atoms with Gasteiger partial charge in [-0.05, 0) is 67.7 Å². The third-order valence-electron chi connectivity index (χ3n) is 3.52. The summed E-state index contributed by atoms with van der Waals surface area (Å²) in [5.74, 6) is -0.852. The van der Waals surface area contributed by atoms with Crippen LogP contribution in [0.15, 0.2) is 12.1 Å². The van der Waals surface area contributed by atoms with E-state index in [0.29, 0.717) is 16.2 Å². The van der Waals surface area contributed by atoms with Crippen LogP contribution in [0.25, 0.3) is 0 Å². The van der Waals surface area contributed by atoms with Gasteiger partial charge in [0.1, 0.15) is 11.6 Å². The highest BCUT2D eigenvalue weighted by Gasteiger charge is 2.21. The first-order valence-electron chi connectivity index (χ1n) is 6.14. The smallest absolute Gasteiger partial charge is 0.143 e. The summed E-state index contributed by atoms with van der Waals surface area (Å²) in [4.78, 5) is 2.12. The molecular weight excluding hydrogens is 385 g/mol. The van der Waals surface area contributed by atoms with E-state index < -0.39 is 11.6 Å². The highest BCUT2D eigenvalue weighted by Crippen LogP contribution is 2.21. The van der Waals surface area contributed by atoms with Crippen LogP contribution >= 0.6 is 35.0 Å². The monoisotopic (exact) mass is 402 g/mol. The molecule has 1 aliphatic rings. The van der Waals surface area contributed by atoms with Crippen molar-refractivity contribution in [3.8, 4) is 0 Å². The first kappa shape index (κ1) is 17.1. The molecule has 0 spiro atoms. The van der Waals surface area contributed by atoms with Crippen molar-refractivity contribution in [3.05, 3.63) is 32.9 Å². The third-order valence-corrected chi connectivity index (χ3v) is 4.35. The van der Waals surface area contributed by atoms with Crippen molar-refractivity contribution in [2.75, 3.05) is 20.1 Å². The lowest BCUT2D eigenvalue weighted by molar-refractivity contribution is 0.190. The van der Waals surface area contributed by atoms with E-state index in [9.17, 15) is 8.78 Å². The SMILES string of the molecule is CNC1CCN(Cc2c(F)ccc(I)c2F)CC1.Cl. The minimum Gasteiger partial charge on any atom is -0.317 e. The zero-order valence-corrected chi connectivity index (χ0v) is 13.7. The number of nitrogens with one attached hydrogen (secondary N) is 1. The fraction of sp³-hybridized carbons (Fsp3) is 0.538. The fourth-order valence-electron chi connectivity index (χ4n) is 2.32. The van der Waals surface area contributed by atoms with Gasteiger partial charge >= 0.3 is 0 Å². The van der Waals surface area contributed by atoms with Crippen LogP contribution in [0.3, 0.4) is 0 Å². The zero-order chi connectivity index (χ0) is 13.1. The van der Waals surface area contributed by atoms with E-state index in [1.165, 1.54) is 12.1 Å². The number of hydrogen-bond acceptors (Lipinski definition) is 2. The van der Waals surface area contributed by atoms with Crippen molar-refractivity contribution in [2.45, 2.75) is 25.4 Å². The van der Waals surface area contributed by atoms with Crippen LogP contribution in [0.5, 0.6) is 0 Å². The maximum absolute atomic E-state index is 13.9. The number of nitrogens with zero attached hydrogens (tertiary/aromatic N) is 1. The molecule has 0 radical (unpaired) electrons. The Kier molecular flexibility index (Phi) is 6.93. The summed E-state index contributed by atoms with van der Waals surface area (Å²) in [5, 5.41) is 3.24. The molecule has 2 rings (SSSR count). The lowest BCUT2D eigenvalue weighted by atomic mass is 10.0. The van der Waals surface area contributed by atoms with Gasteiger partial charge in [-0.25, -0.2) is 8.78 Å². The van der Waals surface area contributed by atoms with Gasteiger partial charge in [-0.2, -0.15) is 0 Å². The Bertz CT molecular complexity index is 423. The van der Waals surface area contributed by atoms with Gasteiger partial charge in [0.05, 0.1) is 0 Å². The minimum atomic E-state index is -0.441. The van der Waals surface area contributed by atoms with Gasteiger partial charge in [-0.1, -0.05) is 0 Å². The molecule has 1 fully saturated rings. The van der Waals surface area contributed by atoms with Crippen LogP contribution in [-0.2, 0) is 6.54 Å². The van der Waals surface area contributed by atoms with Gasteiger partial charge in [-0.15, -0.1) is 12.4 Å². The number of piperidine rings is 1. The molecule has 0 unspecified atom stereocenters. The molecule has 1 saturated heterocycles. The van der Waals surface area contributed by atoms with Crippen LogP contribution in [-0.4, -0.2) is 31.1 Å². The van der Waals surface area contributed by atoms with E-state index in [1.54, 1.807) is 0 Å². The molecule has 108 valence electrons. The summed E-state index contributed by atoms with van der Waals surface area (Å²) in [6, 6.07) is 3.36. The third kappa shape index (κ3) is 4.24. The van der Waals surface area contributed by atoms with Crippen molar-refractivity contribution in [1.29, 1.82) is 0 Å². The van der Waals surface area contributed by atoms with E-state index in [1.807, 2.05) is 29.6 Å². The molecule has 0 amide bonds. The standard InChI is InChI=1S/C13H17F2IN2.ClH/c1-17-9-4-6-18(7-5-9)8-10-11(14)2-3-12(16)13(10)15;/h2-3,9,17H,4-8H2,1H3;1H. The van der Waals surface area contributed by atoms with Gasteiger partial charge < -0.3 is 5.32 Å². The number of hydrogen-bond donors (Lipinski definition) is 1. The molecule has 1 aromatic carbocycles. The van der Waals surface area contributed by atoms with E-state index in [0.717, 1.165) is 25.9 Å². The largest absolute Gasteiger partial charge is 0.317 e. The highest BCUT2D eigenvalue weighted by molar-refractivity contribution is 14.1. The molecule has 2 nitrogen and oxygen atoms in total. The van der Waals surface area contributed by atoms with Crippen molar-refractivity contribution in [1.82, 2.24) is 10.2 Å². The Morgan fingerprint density at radius 1 is 1.32 bits per heavy atom. The normalized spacial score (nSPS) is 17.3. The number of rotatable bonds is 3. The van der Waals surface area contributed by atoms with Crippen LogP contribution < -0.4 is 5.32 Å². The molecule has 0 saturated carbocycles. The summed E-state index contributed by atoms with van der Waals surface area (Å²) < 4.78 is 28.0. The van der Waals surface area contributed by atoms with Crippen molar-refractivity contribution in [2.24, 2.45) is 0 Å². The van der Waals surface area contributed by atoms with Crippen LogP contribution in [0.4, 0.5) is 8.78 Å². The average molecular weight is 403 g/mol. The van der Waals surface area contributed by atoms with E-state index in [4.69, 9.17) is 0 Å². The van der Waals surface area contributed by atoms with E-state index in [-0.39, 0.29) is 18.0 Å². The van der Waals surface area contributed by atoms with Crippen LogP contribution in [0.1, 0.15) is 18.4 Å². The number of benzene rings is 1. The predicted molar refractivity (Wildman–Crippen MR) is 83.7 cm³/mol. The molecule has 0 atom stereocenters. The van der Waals surface area contributed by atoms with Gasteiger partial charge in [-0.3, -0.25) is 4.90 Å². The molecule has 1 N–H and O–H groups in total. The Morgan fingerprint density at radius 3 is 2.53 bits per heavy atom. The van der Waals surface area contributed by atoms with Gasteiger partial charge in [0.2, 0.25) is 0 Å². The molecular formula is C13H18ClF2IN2. The molecule has 19 heavy (non-hydrogen) atoms. The summed E-state index contributed by atoms with van der Waals surface area (Å²) in [6.45, 7) is 2.14. The van der Waals surface area contributed by atoms with Crippen LogP contribution in [0.2, 0.25) is 0 Å². The topological polar surface area (TPSA) is 15.3 Å². The Balaban J connectivity index is 0.00000180. The second-order valence-corrected chi connectivity index (χ2v) is 5.82. The van der Waals surface area contributed by atoms with E-state index >= 15 is 0 Å². The summed E-state index contributed by atoms with van der Waals surface area (Å²) in [5.41, 5.74) is 0.199. The highest BCUT2D eigenvalue weighted by atomic mass is 127. The van der Waals surface area contributed by atoms with Crippen molar-refractivity contribution in [3.63, 3.8) is 0 Å². The number of halogens is 4. The summed E-state index contributed by atoms with van der Waals surface area (Å²) in [7, 11) is 1.96. The lowest BCUT2D eigenvalue weighted by Crippen LogP contribution is -2.41. The predicted octanol–water partition coefficient (Wildman–Crippen LogP) is 3.18. The first-order valence-corrected chi connectivity index (χ1v) is 7.21. The number of likely N-dealkylation sites (tertiary alicyclic amines) is 1. The van der Waals surface area contributed by atoms with Gasteiger partial charge in [0, 0.05) is 21.7 Å². The molecule has 0 aliphatic carbocycles. The van der Waals surface area contributed by atoms with Gasteiger partial charge in [0.25, 0.3) is 0 Å². The fourth-order valence-corrected chi connectivity index (χ4v) is 2.82. The molecule has 0 bridgehead atoms. The quantitative estimate of drug-likeness (QED) is 0.617. The van der Waals surface area contributed by atoms with Crippen LogP contribution in [0, 0.1) is 15.2 Å². The van der Waals surface area contributed by atoms with E-state index in [2.05, 4.69) is 10.2 Å². The maximum atomic E-state index is 13.9. The zero-order valence-electron chi connectivity index (χ0n) is 10.8. The average Bonchev–Trinajstić information content (AvgIpc) is 2.40. The Labute approximate surface area is 132 Å². The molecule has 1 aliphatic heterocycles. The lowest BCUT2D eigenvalue weighted by Gasteiger charge is -2.31. The first-order chi connectivity index (χ1) is 8.61. The molecule has 0 aromatic heterocycles. The summed E-state index contributed by atoms with van der Waals surface area (Å²) in [6.07, 6.45) is 2.06. The Hall–Kier alpha value is 0.0200. The summed E-state index contributed by atoms with van der Waals surface area (Å²) >= 11 is 1.90. The molecule has 6 heteroatoms. The van der Waals surface area contributed by atoms with Crippen molar-refractivity contribution >= 4 is 35.0 Å². The molecule has 1 aromatic rings. The van der Waals surface area contributed by atoms with Crippen molar-refractivity contribution < 1.29 is 8.78 Å². The Morgan fingerprint density at radius 2 is 1.95 bits per heavy atom. The second-order valence-electron chi connectivity index (χ2n) is 4.66. The maximum Gasteiger partial charge on any atom is 0.143 e. The molecule has 1 heterocycles.